The van der Waals surface area contributed by atoms with Crippen molar-refractivity contribution in [3.05, 3.63) is 23.3 Å². The number of hydrogen-bond donors (Lipinski definition) is 0. The van der Waals surface area contributed by atoms with Crippen LogP contribution in [-0.2, 0) is 14.3 Å². The predicted molar refractivity (Wildman–Crippen MR) is 58.3 cm³/mol. The third-order valence-electron chi connectivity index (χ3n) is 2.13. The Kier molecular flexibility index (Phi) is 4.56. The lowest BCUT2D eigenvalue weighted by Gasteiger charge is -2.13. The summed E-state index contributed by atoms with van der Waals surface area (Å²) in [4.78, 5) is 11.0. The maximum atomic E-state index is 11.0. The Morgan fingerprint density at radius 1 is 1.60 bits per heavy atom. The molecule has 0 amide bonds. The molecular weight excluding hydrogens is 192 g/mol. The fourth-order valence-corrected chi connectivity index (χ4v) is 1.44. The molecule has 1 heterocycles. The third-order valence-corrected chi connectivity index (χ3v) is 2.13. The molecule has 1 unspecified atom stereocenters. The minimum Gasteiger partial charge on any atom is -0.428 e. The van der Waals surface area contributed by atoms with E-state index in [0.29, 0.717) is 6.61 Å². The van der Waals surface area contributed by atoms with E-state index < -0.39 is 6.29 Å². The van der Waals surface area contributed by atoms with Gasteiger partial charge >= 0.3 is 5.97 Å². The lowest BCUT2D eigenvalue weighted by molar-refractivity contribution is -0.158. The number of carbonyl (C=O) groups is 1. The summed E-state index contributed by atoms with van der Waals surface area (Å²) in [6.45, 7) is 6.56. The third kappa shape index (κ3) is 3.88. The van der Waals surface area contributed by atoms with Gasteiger partial charge in [0.15, 0.2) is 0 Å². The zero-order chi connectivity index (χ0) is 11.3. The van der Waals surface area contributed by atoms with Gasteiger partial charge < -0.3 is 9.47 Å². The molecule has 0 bridgehead atoms. The van der Waals surface area contributed by atoms with Crippen LogP contribution < -0.4 is 0 Å². The molecule has 0 aromatic carbocycles. The standard InChI is InChI=1S/C12H18O3/c1-4-14-12-10(8-11(13)15-12)7-5-6-9(2)3/h6,8,12H,4-5,7H2,1-3H3. The van der Waals surface area contributed by atoms with E-state index in [0.717, 1.165) is 18.4 Å². The van der Waals surface area contributed by atoms with Gasteiger partial charge in [-0.15, -0.1) is 0 Å². The van der Waals surface area contributed by atoms with Gasteiger partial charge in [0.2, 0.25) is 6.29 Å². The summed E-state index contributed by atoms with van der Waals surface area (Å²) in [7, 11) is 0. The first-order valence-corrected chi connectivity index (χ1v) is 5.29. The zero-order valence-electron chi connectivity index (χ0n) is 9.58. The Bertz CT molecular complexity index is 285. The van der Waals surface area contributed by atoms with Crippen LogP contribution in [0.3, 0.4) is 0 Å². The Labute approximate surface area is 90.8 Å². The van der Waals surface area contributed by atoms with Gasteiger partial charge in [-0.2, -0.15) is 0 Å². The van der Waals surface area contributed by atoms with Gasteiger partial charge in [-0.3, -0.25) is 0 Å². The molecule has 0 aromatic rings. The van der Waals surface area contributed by atoms with Crippen LogP contribution in [0.4, 0.5) is 0 Å². The number of allylic oxidation sites excluding steroid dienone is 2. The van der Waals surface area contributed by atoms with Crippen molar-refractivity contribution >= 4 is 5.97 Å². The van der Waals surface area contributed by atoms with Gasteiger partial charge in [-0.25, -0.2) is 4.79 Å². The predicted octanol–water partition coefficient (Wildman–Crippen LogP) is 2.58. The molecule has 0 fully saturated rings. The van der Waals surface area contributed by atoms with Crippen molar-refractivity contribution in [3.8, 4) is 0 Å². The highest BCUT2D eigenvalue weighted by molar-refractivity contribution is 5.85. The van der Waals surface area contributed by atoms with Crippen molar-refractivity contribution in [2.24, 2.45) is 0 Å². The van der Waals surface area contributed by atoms with Gasteiger partial charge in [-0.1, -0.05) is 11.6 Å². The second-order valence-corrected chi connectivity index (χ2v) is 3.76. The topological polar surface area (TPSA) is 35.5 Å². The Morgan fingerprint density at radius 2 is 2.33 bits per heavy atom. The molecule has 1 atom stereocenters. The average molecular weight is 210 g/mol. The molecule has 0 aromatic heterocycles. The minimum atomic E-state index is -0.451. The van der Waals surface area contributed by atoms with E-state index in [1.807, 2.05) is 6.92 Å². The second kappa shape index (κ2) is 5.71. The molecule has 0 saturated heterocycles. The smallest absolute Gasteiger partial charge is 0.333 e. The Morgan fingerprint density at radius 3 is 2.93 bits per heavy atom. The van der Waals surface area contributed by atoms with Crippen molar-refractivity contribution in [2.45, 2.75) is 39.9 Å². The fourth-order valence-electron chi connectivity index (χ4n) is 1.44. The van der Waals surface area contributed by atoms with Crippen molar-refractivity contribution in [1.82, 2.24) is 0 Å². The normalized spacial score (nSPS) is 19.8. The van der Waals surface area contributed by atoms with Crippen LogP contribution in [0.25, 0.3) is 0 Å². The lowest BCUT2D eigenvalue weighted by Crippen LogP contribution is -2.16. The largest absolute Gasteiger partial charge is 0.428 e. The first-order valence-electron chi connectivity index (χ1n) is 5.29. The lowest BCUT2D eigenvalue weighted by atomic mass is 10.1. The summed E-state index contributed by atoms with van der Waals surface area (Å²) in [6, 6.07) is 0. The fraction of sp³-hybridized carbons (Fsp3) is 0.583. The maximum absolute atomic E-state index is 11.0. The summed E-state index contributed by atoms with van der Waals surface area (Å²) in [5.41, 5.74) is 2.23. The highest BCUT2D eigenvalue weighted by Crippen LogP contribution is 2.21. The van der Waals surface area contributed by atoms with Crippen LogP contribution in [-0.4, -0.2) is 18.9 Å². The highest BCUT2D eigenvalue weighted by Gasteiger charge is 2.25. The van der Waals surface area contributed by atoms with Crippen LogP contribution in [0.15, 0.2) is 23.3 Å². The summed E-state index contributed by atoms with van der Waals surface area (Å²) < 4.78 is 10.3. The second-order valence-electron chi connectivity index (χ2n) is 3.76. The first kappa shape index (κ1) is 12.0. The van der Waals surface area contributed by atoms with Gasteiger partial charge in [0.25, 0.3) is 0 Å². The van der Waals surface area contributed by atoms with E-state index in [-0.39, 0.29) is 5.97 Å². The number of ether oxygens (including phenoxy) is 2. The highest BCUT2D eigenvalue weighted by atomic mass is 16.7. The molecule has 0 N–H and O–H groups in total. The van der Waals surface area contributed by atoms with Crippen molar-refractivity contribution in [2.75, 3.05) is 6.61 Å². The molecule has 84 valence electrons. The molecule has 0 spiro atoms. The van der Waals surface area contributed by atoms with E-state index in [9.17, 15) is 4.79 Å². The van der Waals surface area contributed by atoms with Gasteiger partial charge in [0, 0.05) is 18.3 Å². The van der Waals surface area contributed by atoms with E-state index >= 15 is 0 Å². The number of cyclic esters (lactones) is 1. The minimum absolute atomic E-state index is 0.291. The summed E-state index contributed by atoms with van der Waals surface area (Å²) in [6.07, 6.45) is 4.98. The zero-order valence-corrected chi connectivity index (χ0v) is 9.58. The quantitative estimate of drug-likeness (QED) is 0.517. The van der Waals surface area contributed by atoms with Crippen LogP contribution in [0.1, 0.15) is 33.6 Å². The van der Waals surface area contributed by atoms with E-state index in [4.69, 9.17) is 9.47 Å². The van der Waals surface area contributed by atoms with E-state index in [1.165, 1.54) is 5.57 Å². The molecular formula is C12H18O3. The van der Waals surface area contributed by atoms with Crippen LogP contribution >= 0.6 is 0 Å². The maximum Gasteiger partial charge on any atom is 0.333 e. The average Bonchev–Trinajstić information content (AvgIpc) is 2.47. The Balaban J connectivity index is 2.47. The molecule has 1 aliphatic heterocycles. The van der Waals surface area contributed by atoms with Crippen LogP contribution in [0.2, 0.25) is 0 Å². The number of carbonyl (C=O) groups excluding carboxylic acids is 1. The van der Waals surface area contributed by atoms with Crippen molar-refractivity contribution in [1.29, 1.82) is 0 Å². The van der Waals surface area contributed by atoms with Gasteiger partial charge in [0.1, 0.15) is 0 Å². The number of hydrogen-bond acceptors (Lipinski definition) is 3. The first-order chi connectivity index (χ1) is 7.13. The molecule has 1 rings (SSSR count). The number of rotatable bonds is 5. The van der Waals surface area contributed by atoms with Crippen molar-refractivity contribution in [3.63, 3.8) is 0 Å². The van der Waals surface area contributed by atoms with Gasteiger partial charge in [0.05, 0.1) is 0 Å². The summed E-state index contributed by atoms with van der Waals surface area (Å²) >= 11 is 0. The monoisotopic (exact) mass is 210 g/mol. The molecule has 3 nitrogen and oxygen atoms in total. The Hall–Kier alpha value is -1.09. The van der Waals surface area contributed by atoms with E-state index in [2.05, 4.69) is 19.9 Å². The van der Waals surface area contributed by atoms with Crippen LogP contribution in [0, 0.1) is 0 Å². The van der Waals surface area contributed by atoms with E-state index in [1.54, 1.807) is 6.08 Å². The molecule has 1 aliphatic rings. The molecule has 0 aliphatic carbocycles. The molecule has 0 radical (unpaired) electrons. The number of esters is 1. The van der Waals surface area contributed by atoms with Gasteiger partial charge in [-0.05, 0) is 33.6 Å². The summed E-state index contributed by atoms with van der Waals surface area (Å²) in [5.74, 6) is -0.291. The van der Waals surface area contributed by atoms with Crippen LogP contribution in [0.5, 0.6) is 0 Å². The molecule has 3 heteroatoms. The van der Waals surface area contributed by atoms with Crippen molar-refractivity contribution < 1.29 is 14.3 Å². The molecule has 15 heavy (non-hydrogen) atoms. The SMILES string of the molecule is CCOC1OC(=O)C=C1CCC=C(C)C. The summed E-state index contributed by atoms with van der Waals surface area (Å²) in [5, 5.41) is 0. The molecule has 0 saturated carbocycles.